The lowest BCUT2D eigenvalue weighted by molar-refractivity contribution is -0.143. The van der Waals surface area contributed by atoms with Gasteiger partial charge in [0.2, 0.25) is 11.8 Å². The number of ether oxygens (including phenoxy) is 2. The van der Waals surface area contributed by atoms with E-state index in [0.717, 1.165) is 18.5 Å². The van der Waals surface area contributed by atoms with E-state index in [1.54, 1.807) is 48.3 Å². The van der Waals surface area contributed by atoms with Crippen LogP contribution in [0, 0.1) is 24.2 Å². The summed E-state index contributed by atoms with van der Waals surface area (Å²) in [6.45, 7) is 2.18. The summed E-state index contributed by atoms with van der Waals surface area (Å²) in [6, 6.07) is 14.2. The van der Waals surface area contributed by atoms with E-state index >= 15 is 0 Å². The molecular weight excluding hydrogens is 512 g/mol. The average Bonchev–Trinajstić information content (AvgIpc) is 3.33. The van der Waals surface area contributed by atoms with E-state index in [1.165, 1.54) is 0 Å². The second kappa shape index (κ2) is 11.8. The van der Waals surface area contributed by atoms with Crippen molar-refractivity contribution in [3.63, 3.8) is 0 Å². The zero-order valence-electron chi connectivity index (χ0n) is 22.1. The minimum Gasteiger partial charge on any atom is -0.489 e. The molecule has 2 N–H and O–H groups in total. The van der Waals surface area contributed by atoms with E-state index in [0.29, 0.717) is 65.4 Å². The van der Waals surface area contributed by atoms with Crippen LogP contribution >= 0.6 is 0 Å². The number of carboxylic acids is 1. The van der Waals surface area contributed by atoms with Crippen molar-refractivity contribution in [2.24, 2.45) is 13.0 Å². The number of carboxylic acid groups (broad SMARTS) is 1. The molecule has 0 aliphatic heterocycles. The van der Waals surface area contributed by atoms with Gasteiger partial charge in [-0.2, -0.15) is 10.2 Å². The van der Waals surface area contributed by atoms with Gasteiger partial charge in [0.1, 0.15) is 17.2 Å². The number of rotatable bonds is 9. The maximum atomic E-state index is 11.4. The molecule has 0 radical (unpaired) electrons. The Balaban J connectivity index is 1.27. The summed E-state index contributed by atoms with van der Waals surface area (Å²) < 4.78 is 13.6. The molecule has 3 heterocycles. The van der Waals surface area contributed by atoms with E-state index in [-0.39, 0.29) is 12.0 Å². The smallest absolute Gasteiger partial charge is 0.306 e. The molecule has 12 heteroatoms. The third-order valence-corrected chi connectivity index (χ3v) is 6.72. The highest BCUT2D eigenvalue weighted by atomic mass is 16.5. The van der Waals surface area contributed by atoms with Crippen LogP contribution in [-0.2, 0) is 18.4 Å². The second-order valence-corrected chi connectivity index (χ2v) is 9.54. The Labute approximate surface area is 230 Å². The van der Waals surface area contributed by atoms with E-state index in [2.05, 4.69) is 31.7 Å². The molecule has 0 spiro atoms. The SMILES string of the molecule is Cc1nc(-c2nnn(C)c2CNc2nccc(Oc3cccc(C#N)c3)n2)ccc1O[C@H]1CCC[C@H](C(=O)O)C1. The summed E-state index contributed by atoms with van der Waals surface area (Å²) in [7, 11) is 1.79. The van der Waals surface area contributed by atoms with E-state index in [9.17, 15) is 9.90 Å². The molecular formula is C28H28N8O4. The van der Waals surface area contributed by atoms with E-state index in [4.69, 9.17) is 19.7 Å². The number of aromatic nitrogens is 6. The van der Waals surface area contributed by atoms with Crippen LogP contribution in [0.25, 0.3) is 11.4 Å². The zero-order valence-corrected chi connectivity index (χ0v) is 22.1. The molecule has 5 rings (SSSR count). The Bertz CT molecular complexity index is 1560. The molecule has 0 saturated heterocycles. The minimum atomic E-state index is -0.766. The van der Waals surface area contributed by atoms with Crippen molar-refractivity contribution in [3.05, 3.63) is 65.6 Å². The zero-order chi connectivity index (χ0) is 28.1. The maximum Gasteiger partial charge on any atom is 0.306 e. The Kier molecular flexibility index (Phi) is 7.82. The number of nitriles is 1. The maximum absolute atomic E-state index is 11.4. The summed E-state index contributed by atoms with van der Waals surface area (Å²) in [5, 5.41) is 30.1. The normalized spacial score (nSPS) is 16.6. The number of nitrogens with zero attached hydrogens (tertiary/aromatic N) is 7. The van der Waals surface area contributed by atoms with Crippen LogP contribution in [0.15, 0.2) is 48.7 Å². The van der Waals surface area contributed by atoms with E-state index in [1.807, 2.05) is 19.1 Å². The molecule has 12 nitrogen and oxygen atoms in total. The monoisotopic (exact) mass is 540 g/mol. The van der Waals surface area contributed by atoms with Gasteiger partial charge in [-0.3, -0.25) is 4.79 Å². The van der Waals surface area contributed by atoms with Crippen LogP contribution in [0.5, 0.6) is 17.4 Å². The Morgan fingerprint density at radius 1 is 1.23 bits per heavy atom. The van der Waals surface area contributed by atoms with Crippen LogP contribution in [0.3, 0.4) is 0 Å². The number of hydrogen-bond acceptors (Lipinski definition) is 10. The van der Waals surface area contributed by atoms with Gasteiger partial charge in [-0.05, 0) is 62.9 Å². The fraction of sp³-hybridized carbons (Fsp3) is 0.321. The first kappa shape index (κ1) is 26.6. The average molecular weight is 541 g/mol. The van der Waals surface area contributed by atoms with Gasteiger partial charge in [0.15, 0.2) is 0 Å². The first-order valence-corrected chi connectivity index (χ1v) is 12.9. The van der Waals surface area contributed by atoms with Crippen LogP contribution in [0.2, 0.25) is 0 Å². The molecule has 1 aliphatic rings. The van der Waals surface area contributed by atoms with Gasteiger partial charge >= 0.3 is 5.97 Å². The van der Waals surface area contributed by atoms with Crippen molar-refractivity contribution in [2.45, 2.75) is 45.3 Å². The molecule has 1 fully saturated rings. The number of benzene rings is 1. The summed E-state index contributed by atoms with van der Waals surface area (Å²) in [5.74, 6) is 0.677. The Morgan fingerprint density at radius 3 is 2.90 bits per heavy atom. The molecule has 0 bridgehead atoms. The molecule has 0 unspecified atom stereocenters. The predicted octanol–water partition coefficient (Wildman–Crippen LogP) is 4.27. The topological polar surface area (TPSA) is 161 Å². The van der Waals surface area contributed by atoms with Gasteiger partial charge in [0, 0.05) is 19.3 Å². The lowest BCUT2D eigenvalue weighted by Gasteiger charge is -2.27. The Morgan fingerprint density at radius 2 is 2.10 bits per heavy atom. The van der Waals surface area contributed by atoms with E-state index < -0.39 is 5.97 Å². The lowest BCUT2D eigenvalue weighted by Crippen LogP contribution is -2.29. The molecule has 3 aromatic heterocycles. The van der Waals surface area contributed by atoms with Gasteiger partial charge in [-0.15, -0.1) is 5.10 Å². The van der Waals surface area contributed by atoms with Gasteiger partial charge in [0.05, 0.1) is 47.3 Å². The fourth-order valence-corrected chi connectivity index (χ4v) is 4.63. The number of nitrogens with one attached hydrogen (secondary N) is 1. The van der Waals surface area contributed by atoms with Gasteiger partial charge in [-0.1, -0.05) is 11.3 Å². The van der Waals surface area contributed by atoms with Gasteiger partial charge in [-0.25, -0.2) is 14.6 Å². The van der Waals surface area contributed by atoms with Crippen LogP contribution in [0.4, 0.5) is 5.95 Å². The van der Waals surface area contributed by atoms with Gasteiger partial charge in [0.25, 0.3) is 0 Å². The van der Waals surface area contributed by atoms with Crippen molar-refractivity contribution in [1.82, 2.24) is 29.9 Å². The first-order valence-electron chi connectivity index (χ1n) is 12.9. The highest BCUT2D eigenvalue weighted by Gasteiger charge is 2.28. The highest BCUT2D eigenvalue weighted by Crippen LogP contribution is 2.30. The fourth-order valence-electron chi connectivity index (χ4n) is 4.63. The van der Waals surface area contributed by atoms with Crippen molar-refractivity contribution in [3.8, 4) is 34.8 Å². The first-order chi connectivity index (χ1) is 19.4. The van der Waals surface area contributed by atoms with Crippen molar-refractivity contribution < 1.29 is 19.4 Å². The summed E-state index contributed by atoms with van der Waals surface area (Å²) in [6.07, 6.45) is 4.27. The molecule has 4 aromatic rings. The number of pyridine rings is 1. The van der Waals surface area contributed by atoms with Crippen molar-refractivity contribution >= 4 is 11.9 Å². The number of hydrogen-bond donors (Lipinski definition) is 2. The summed E-state index contributed by atoms with van der Waals surface area (Å²) >= 11 is 0. The third-order valence-electron chi connectivity index (χ3n) is 6.72. The number of aliphatic carboxylic acids is 1. The van der Waals surface area contributed by atoms with Crippen LogP contribution in [-0.4, -0.2) is 47.1 Å². The standard InChI is InChI=1S/C28H28N8O4/c1-17-24(39-21-8-4-6-19(14-21)27(37)38)10-9-22(32-17)26-23(36(2)35-34-26)16-31-28-30-12-11-25(33-28)40-20-7-3-5-18(13-20)15-29/h3,5,7,9-13,19,21H,4,6,8,14,16H2,1-2H3,(H,37,38)(H,30,31,33)/t19-,21-/m0/s1. The number of anilines is 1. The quantitative estimate of drug-likeness (QED) is 0.312. The molecule has 1 saturated carbocycles. The third kappa shape index (κ3) is 6.15. The number of aryl methyl sites for hydroxylation is 2. The summed E-state index contributed by atoms with van der Waals surface area (Å²) in [5.41, 5.74) is 3.19. The van der Waals surface area contributed by atoms with Crippen LogP contribution < -0.4 is 14.8 Å². The Hall–Kier alpha value is -5.05. The minimum absolute atomic E-state index is 0.146. The molecule has 40 heavy (non-hydrogen) atoms. The highest BCUT2D eigenvalue weighted by molar-refractivity contribution is 5.70. The lowest BCUT2D eigenvalue weighted by atomic mass is 9.87. The molecule has 1 aromatic carbocycles. The number of carbonyl (C=O) groups is 1. The predicted molar refractivity (Wildman–Crippen MR) is 144 cm³/mol. The molecule has 0 amide bonds. The van der Waals surface area contributed by atoms with Crippen molar-refractivity contribution in [2.75, 3.05) is 5.32 Å². The van der Waals surface area contributed by atoms with Crippen LogP contribution in [0.1, 0.15) is 42.6 Å². The summed E-state index contributed by atoms with van der Waals surface area (Å²) in [4.78, 5) is 24.8. The second-order valence-electron chi connectivity index (χ2n) is 9.54. The van der Waals surface area contributed by atoms with Crippen molar-refractivity contribution in [1.29, 1.82) is 5.26 Å². The molecule has 1 aliphatic carbocycles. The van der Waals surface area contributed by atoms with Gasteiger partial charge < -0.3 is 19.9 Å². The largest absolute Gasteiger partial charge is 0.489 e. The molecule has 2 atom stereocenters. The molecule has 204 valence electrons.